The molecule has 1 saturated heterocycles. The van der Waals surface area contributed by atoms with Gasteiger partial charge in [-0.05, 0) is 38.3 Å². The number of nitrogens with zero attached hydrogens (tertiary/aromatic N) is 6. The first kappa shape index (κ1) is 27.0. The Hall–Kier alpha value is -4.63. The van der Waals surface area contributed by atoms with Crippen LogP contribution in [0.3, 0.4) is 0 Å². The number of pyridine rings is 2. The highest BCUT2D eigenvalue weighted by molar-refractivity contribution is 6.16. The topological polar surface area (TPSA) is 136 Å². The molecule has 0 unspecified atom stereocenters. The maximum absolute atomic E-state index is 13.8. The maximum atomic E-state index is 13.8. The first-order valence-electron chi connectivity index (χ1n) is 12.9. The number of carbonyl (C=O) groups is 2. The lowest BCUT2D eigenvalue weighted by Crippen LogP contribution is -2.46. The Morgan fingerprint density at radius 1 is 1.30 bits per heavy atom. The monoisotopic (exact) mass is 546 g/mol. The summed E-state index contributed by atoms with van der Waals surface area (Å²) in [6.45, 7) is 4.20. The van der Waals surface area contributed by atoms with Crippen molar-refractivity contribution in [1.29, 1.82) is 5.26 Å². The second-order valence-electron chi connectivity index (χ2n) is 9.37. The van der Waals surface area contributed by atoms with E-state index in [1.807, 2.05) is 6.92 Å². The van der Waals surface area contributed by atoms with Crippen LogP contribution in [-0.4, -0.2) is 57.0 Å². The minimum absolute atomic E-state index is 0.0527. The van der Waals surface area contributed by atoms with Gasteiger partial charge in [-0.1, -0.05) is 6.92 Å². The third-order valence-corrected chi connectivity index (χ3v) is 6.80. The van der Waals surface area contributed by atoms with Gasteiger partial charge in [-0.3, -0.25) is 14.4 Å². The number of aromatic nitrogens is 4. The Morgan fingerprint density at radius 2 is 2.12 bits per heavy atom. The number of furan rings is 1. The van der Waals surface area contributed by atoms with Crippen LogP contribution in [0.25, 0.3) is 22.4 Å². The molecule has 4 aromatic heterocycles. The van der Waals surface area contributed by atoms with Gasteiger partial charge in [0.25, 0.3) is 0 Å². The molecule has 0 aliphatic carbocycles. The van der Waals surface area contributed by atoms with Gasteiger partial charge in [-0.2, -0.15) is 14.8 Å². The number of aryl methyl sites for hydroxylation is 1. The molecule has 2 atom stereocenters. The molecule has 0 bridgehead atoms. The van der Waals surface area contributed by atoms with Crippen LogP contribution >= 0.6 is 0 Å². The number of ketones is 1. The fourth-order valence-corrected chi connectivity index (χ4v) is 4.87. The molecule has 5 rings (SSSR count). The van der Waals surface area contributed by atoms with Crippen LogP contribution in [0.15, 0.2) is 41.2 Å². The standard InChI is InChI=1S/C28H27FN6O5/c1-4-20-11-19(8-9-39-20)35(28(37)38-5-2)25-24-21(40-27(25)26(36)16-6-7-22(29)31-13-16)10-17(12-30)23(33-24)18-14-32-34(3)15-18/h6-7,10,13-15,19-20H,4-5,8-9,11H2,1-3H3/t19-,20-/m0/s1. The van der Waals surface area contributed by atoms with Crippen molar-refractivity contribution in [3.05, 3.63) is 59.6 Å². The van der Waals surface area contributed by atoms with E-state index < -0.39 is 23.9 Å². The van der Waals surface area contributed by atoms with Crippen LogP contribution in [0, 0.1) is 17.3 Å². The lowest BCUT2D eigenvalue weighted by molar-refractivity contribution is 0.00467. The summed E-state index contributed by atoms with van der Waals surface area (Å²) in [4.78, 5) is 37.1. The highest BCUT2D eigenvalue weighted by Crippen LogP contribution is 2.40. The van der Waals surface area contributed by atoms with Crippen LogP contribution in [0.4, 0.5) is 14.9 Å². The second-order valence-corrected chi connectivity index (χ2v) is 9.37. The Bertz CT molecular complexity index is 1610. The Labute approximate surface area is 229 Å². The van der Waals surface area contributed by atoms with Gasteiger partial charge >= 0.3 is 6.09 Å². The van der Waals surface area contributed by atoms with E-state index in [1.54, 1.807) is 31.0 Å². The van der Waals surface area contributed by atoms with Gasteiger partial charge in [-0.25, -0.2) is 14.8 Å². The van der Waals surface area contributed by atoms with Crippen LogP contribution in [0.5, 0.6) is 0 Å². The highest BCUT2D eigenvalue weighted by Gasteiger charge is 2.38. The molecule has 1 aliphatic rings. The van der Waals surface area contributed by atoms with Gasteiger partial charge in [-0.15, -0.1) is 0 Å². The number of carbonyl (C=O) groups excluding carboxylic acids is 2. The molecule has 5 heterocycles. The largest absolute Gasteiger partial charge is 0.449 e. The van der Waals surface area contributed by atoms with Gasteiger partial charge < -0.3 is 13.9 Å². The number of halogens is 1. The fourth-order valence-electron chi connectivity index (χ4n) is 4.87. The molecule has 1 fully saturated rings. The van der Waals surface area contributed by atoms with Gasteiger partial charge in [0.2, 0.25) is 17.5 Å². The van der Waals surface area contributed by atoms with Gasteiger partial charge in [0.05, 0.1) is 30.2 Å². The van der Waals surface area contributed by atoms with E-state index in [9.17, 15) is 19.2 Å². The summed E-state index contributed by atoms with van der Waals surface area (Å²) in [6.07, 6.45) is 5.32. The number of ether oxygens (including phenoxy) is 2. The minimum atomic E-state index is -0.746. The van der Waals surface area contributed by atoms with Crippen LogP contribution in [-0.2, 0) is 16.5 Å². The fraction of sp³-hybridized carbons (Fsp3) is 0.357. The molecule has 0 spiro atoms. The summed E-state index contributed by atoms with van der Waals surface area (Å²) in [6, 6.07) is 5.56. The van der Waals surface area contributed by atoms with E-state index in [0.29, 0.717) is 30.7 Å². The summed E-state index contributed by atoms with van der Waals surface area (Å²) in [5.74, 6) is -1.57. The summed E-state index contributed by atoms with van der Waals surface area (Å²) >= 11 is 0. The molecule has 1 amide bonds. The first-order valence-corrected chi connectivity index (χ1v) is 12.9. The van der Waals surface area contributed by atoms with E-state index >= 15 is 0 Å². The van der Waals surface area contributed by atoms with Gasteiger partial charge in [0.1, 0.15) is 17.3 Å². The second kappa shape index (κ2) is 11.2. The van der Waals surface area contributed by atoms with Crippen molar-refractivity contribution in [2.45, 2.75) is 45.3 Å². The van der Waals surface area contributed by atoms with Crippen LogP contribution in [0.1, 0.15) is 54.8 Å². The molecular formula is C28H27FN6O5. The number of hydrogen-bond acceptors (Lipinski definition) is 9. The summed E-state index contributed by atoms with van der Waals surface area (Å²) in [7, 11) is 1.74. The Morgan fingerprint density at radius 3 is 2.77 bits per heavy atom. The van der Waals surface area contributed by atoms with Crippen LogP contribution < -0.4 is 4.90 Å². The zero-order valence-electron chi connectivity index (χ0n) is 22.3. The van der Waals surface area contributed by atoms with E-state index in [2.05, 4.69) is 16.2 Å². The van der Waals surface area contributed by atoms with Crippen molar-refractivity contribution in [1.82, 2.24) is 19.7 Å². The molecule has 0 aromatic carbocycles. The molecule has 1 aliphatic heterocycles. The lowest BCUT2D eigenvalue weighted by atomic mass is 9.98. The number of nitriles is 1. The molecule has 0 radical (unpaired) electrons. The normalized spacial score (nSPS) is 17.0. The number of hydrogen-bond donors (Lipinski definition) is 0. The van der Waals surface area contributed by atoms with E-state index in [1.165, 1.54) is 17.0 Å². The maximum Gasteiger partial charge on any atom is 0.414 e. The van der Waals surface area contributed by atoms with Crippen LogP contribution in [0.2, 0.25) is 0 Å². The average molecular weight is 547 g/mol. The van der Waals surface area contributed by atoms with Crippen molar-refractivity contribution in [2.75, 3.05) is 18.1 Å². The third-order valence-electron chi connectivity index (χ3n) is 6.80. The summed E-state index contributed by atoms with van der Waals surface area (Å²) in [5.41, 5.74) is 1.58. The predicted molar refractivity (Wildman–Crippen MR) is 141 cm³/mol. The quantitative estimate of drug-likeness (QED) is 0.237. The smallest absolute Gasteiger partial charge is 0.414 e. The van der Waals surface area contributed by atoms with E-state index in [0.717, 1.165) is 18.7 Å². The van der Waals surface area contributed by atoms with Crippen molar-refractivity contribution < 1.29 is 27.9 Å². The first-order chi connectivity index (χ1) is 19.3. The molecule has 40 heavy (non-hydrogen) atoms. The molecule has 0 N–H and O–H groups in total. The van der Waals surface area contributed by atoms with Gasteiger partial charge in [0, 0.05) is 49.3 Å². The molecule has 11 nitrogen and oxygen atoms in total. The minimum Gasteiger partial charge on any atom is -0.449 e. The third kappa shape index (κ3) is 5.03. The summed E-state index contributed by atoms with van der Waals surface area (Å²) in [5, 5.41) is 14.1. The lowest BCUT2D eigenvalue weighted by Gasteiger charge is -2.36. The van der Waals surface area contributed by atoms with E-state index in [4.69, 9.17) is 18.9 Å². The summed E-state index contributed by atoms with van der Waals surface area (Å²) < 4.78 is 32.5. The number of rotatable bonds is 7. The zero-order valence-corrected chi connectivity index (χ0v) is 22.3. The van der Waals surface area contributed by atoms with Crippen molar-refractivity contribution in [3.8, 4) is 17.3 Å². The molecule has 206 valence electrons. The predicted octanol–water partition coefficient (Wildman–Crippen LogP) is 4.79. The van der Waals surface area contributed by atoms with Crippen molar-refractivity contribution in [3.63, 3.8) is 0 Å². The molecule has 12 heteroatoms. The molecular weight excluding hydrogens is 519 g/mol. The molecule has 0 saturated carbocycles. The van der Waals surface area contributed by atoms with Crippen molar-refractivity contribution >= 4 is 28.7 Å². The van der Waals surface area contributed by atoms with Crippen molar-refractivity contribution in [2.24, 2.45) is 7.05 Å². The highest BCUT2D eigenvalue weighted by atomic mass is 19.1. The van der Waals surface area contributed by atoms with Gasteiger partial charge in [0.15, 0.2) is 5.58 Å². The SMILES string of the molecule is CCOC(=O)N(c1c(C(=O)c2ccc(F)nc2)oc2cc(C#N)c(-c3cnn(C)c3)nc12)[C@H]1CCO[C@@H](CC)C1. The number of fused-ring (bicyclic) bond motifs is 1. The average Bonchev–Trinajstić information content (AvgIpc) is 3.56. The zero-order chi connectivity index (χ0) is 28.4. The Balaban J connectivity index is 1.78. The molecule has 4 aromatic rings. The Kier molecular flexibility index (Phi) is 7.57. The van der Waals surface area contributed by atoms with E-state index in [-0.39, 0.29) is 46.4 Å². The number of anilines is 1. The number of amides is 1.